The summed E-state index contributed by atoms with van der Waals surface area (Å²) >= 11 is 1.69. The summed E-state index contributed by atoms with van der Waals surface area (Å²) in [7, 11) is 0. The van der Waals surface area contributed by atoms with E-state index >= 15 is 0 Å². The predicted octanol–water partition coefficient (Wildman–Crippen LogP) is 4.49. The average molecular weight is 472 g/mol. The summed E-state index contributed by atoms with van der Waals surface area (Å²) in [6, 6.07) is 8.51. The molecule has 1 aromatic heterocycles. The number of nitrogens with zero attached hydrogens (tertiary/aromatic N) is 2. The summed E-state index contributed by atoms with van der Waals surface area (Å²) in [6.45, 7) is 10.9. The SMILES string of the molecule is CCNC(=NCc1nc(C(C)C)cs1)NCCc1ccccc1C.I. The van der Waals surface area contributed by atoms with E-state index in [1.807, 2.05) is 0 Å². The van der Waals surface area contributed by atoms with Crippen LogP contribution in [0.3, 0.4) is 0 Å². The van der Waals surface area contributed by atoms with Crippen molar-refractivity contribution in [1.29, 1.82) is 0 Å². The van der Waals surface area contributed by atoms with Gasteiger partial charge in [-0.3, -0.25) is 0 Å². The van der Waals surface area contributed by atoms with Crippen LogP contribution in [0.5, 0.6) is 0 Å². The first-order valence-corrected chi connectivity index (χ1v) is 9.49. The Bertz CT molecular complexity index is 667. The molecule has 2 rings (SSSR count). The molecule has 0 radical (unpaired) electrons. The number of benzene rings is 1. The Hall–Kier alpha value is -1.15. The molecule has 4 nitrogen and oxygen atoms in total. The van der Waals surface area contributed by atoms with Gasteiger partial charge in [-0.15, -0.1) is 35.3 Å². The van der Waals surface area contributed by atoms with Crippen molar-refractivity contribution in [2.75, 3.05) is 13.1 Å². The molecule has 1 aromatic carbocycles. The molecular formula is C19H29IN4S. The smallest absolute Gasteiger partial charge is 0.191 e. The van der Waals surface area contributed by atoms with Crippen LogP contribution in [-0.2, 0) is 13.0 Å². The van der Waals surface area contributed by atoms with E-state index in [1.54, 1.807) is 11.3 Å². The second-order valence-electron chi connectivity index (χ2n) is 6.12. The third-order valence-corrected chi connectivity index (χ3v) is 4.68. The zero-order chi connectivity index (χ0) is 17.4. The molecule has 0 aliphatic heterocycles. The molecule has 0 aliphatic rings. The van der Waals surface area contributed by atoms with Gasteiger partial charge in [0.2, 0.25) is 0 Å². The molecular weight excluding hydrogens is 443 g/mol. The van der Waals surface area contributed by atoms with Crippen molar-refractivity contribution in [3.63, 3.8) is 0 Å². The number of halogens is 1. The van der Waals surface area contributed by atoms with Crippen LogP contribution in [-0.4, -0.2) is 24.0 Å². The Morgan fingerprint density at radius 2 is 2.00 bits per heavy atom. The highest BCUT2D eigenvalue weighted by molar-refractivity contribution is 14.0. The first-order chi connectivity index (χ1) is 11.6. The van der Waals surface area contributed by atoms with E-state index in [0.29, 0.717) is 12.5 Å². The first kappa shape index (κ1) is 21.9. The highest BCUT2D eigenvalue weighted by Gasteiger charge is 2.06. The van der Waals surface area contributed by atoms with E-state index in [9.17, 15) is 0 Å². The molecule has 0 aliphatic carbocycles. The maximum absolute atomic E-state index is 4.65. The molecule has 2 aromatic rings. The third-order valence-electron chi connectivity index (χ3n) is 3.83. The normalized spacial score (nSPS) is 11.3. The largest absolute Gasteiger partial charge is 0.357 e. The number of hydrogen-bond donors (Lipinski definition) is 2. The fourth-order valence-corrected chi connectivity index (χ4v) is 3.24. The summed E-state index contributed by atoms with van der Waals surface area (Å²) < 4.78 is 0. The van der Waals surface area contributed by atoms with Crippen molar-refractivity contribution in [2.24, 2.45) is 4.99 Å². The minimum absolute atomic E-state index is 0. The van der Waals surface area contributed by atoms with Gasteiger partial charge < -0.3 is 10.6 Å². The maximum atomic E-state index is 4.65. The van der Waals surface area contributed by atoms with Crippen LogP contribution in [0.4, 0.5) is 0 Å². The quantitative estimate of drug-likeness (QED) is 0.355. The van der Waals surface area contributed by atoms with E-state index < -0.39 is 0 Å². The molecule has 0 saturated heterocycles. The zero-order valence-corrected chi connectivity index (χ0v) is 18.7. The van der Waals surface area contributed by atoms with Crippen LogP contribution in [0.2, 0.25) is 0 Å². The Labute approximate surface area is 172 Å². The second-order valence-corrected chi connectivity index (χ2v) is 7.06. The number of rotatable bonds is 7. The second kappa shape index (κ2) is 11.5. The topological polar surface area (TPSA) is 49.3 Å². The van der Waals surface area contributed by atoms with E-state index in [1.165, 1.54) is 11.1 Å². The standard InChI is InChI=1S/C19H28N4S.HI/c1-5-20-19(21-11-10-16-9-7-6-8-15(16)4)22-12-18-23-17(13-24-18)14(2)3;/h6-9,13-14H,5,10-12H2,1-4H3,(H2,20,21,22);1H. The summed E-state index contributed by atoms with van der Waals surface area (Å²) in [5, 5.41) is 9.91. The lowest BCUT2D eigenvalue weighted by Crippen LogP contribution is -2.38. The van der Waals surface area contributed by atoms with Crippen molar-refractivity contribution in [1.82, 2.24) is 15.6 Å². The number of aliphatic imine (C=N–C) groups is 1. The van der Waals surface area contributed by atoms with E-state index in [0.717, 1.165) is 36.2 Å². The fourth-order valence-electron chi connectivity index (χ4n) is 2.36. The fraction of sp³-hybridized carbons (Fsp3) is 0.474. The monoisotopic (exact) mass is 472 g/mol. The van der Waals surface area contributed by atoms with Crippen molar-refractivity contribution in [3.05, 3.63) is 51.5 Å². The zero-order valence-electron chi connectivity index (χ0n) is 15.5. The predicted molar refractivity (Wildman–Crippen MR) is 119 cm³/mol. The van der Waals surface area contributed by atoms with Crippen molar-refractivity contribution < 1.29 is 0 Å². The molecule has 0 amide bonds. The average Bonchev–Trinajstić information content (AvgIpc) is 3.03. The first-order valence-electron chi connectivity index (χ1n) is 8.61. The van der Waals surface area contributed by atoms with Crippen LogP contribution >= 0.6 is 35.3 Å². The van der Waals surface area contributed by atoms with Gasteiger partial charge in [0.1, 0.15) is 5.01 Å². The van der Waals surface area contributed by atoms with Gasteiger partial charge in [0, 0.05) is 18.5 Å². The highest BCUT2D eigenvalue weighted by Crippen LogP contribution is 2.18. The number of nitrogens with one attached hydrogen (secondary N) is 2. The van der Waals surface area contributed by atoms with Crippen LogP contribution in [0, 0.1) is 6.92 Å². The van der Waals surface area contributed by atoms with Crippen LogP contribution < -0.4 is 10.6 Å². The van der Waals surface area contributed by atoms with Gasteiger partial charge in [0.05, 0.1) is 12.2 Å². The number of aryl methyl sites for hydroxylation is 1. The summed E-state index contributed by atoms with van der Waals surface area (Å²) in [6.07, 6.45) is 0.992. The molecule has 138 valence electrons. The number of thiazole rings is 1. The van der Waals surface area contributed by atoms with Gasteiger partial charge in [-0.25, -0.2) is 9.98 Å². The van der Waals surface area contributed by atoms with Crippen LogP contribution in [0.15, 0.2) is 34.6 Å². The molecule has 0 saturated carbocycles. The molecule has 25 heavy (non-hydrogen) atoms. The minimum Gasteiger partial charge on any atom is -0.357 e. The van der Waals surface area contributed by atoms with Gasteiger partial charge in [-0.1, -0.05) is 38.1 Å². The minimum atomic E-state index is 0. The van der Waals surface area contributed by atoms with Crippen molar-refractivity contribution in [2.45, 2.75) is 46.6 Å². The number of aromatic nitrogens is 1. The molecule has 6 heteroatoms. The third kappa shape index (κ3) is 7.32. The molecule has 0 atom stereocenters. The van der Waals surface area contributed by atoms with Gasteiger partial charge >= 0.3 is 0 Å². The number of hydrogen-bond acceptors (Lipinski definition) is 3. The molecule has 2 N–H and O–H groups in total. The highest BCUT2D eigenvalue weighted by atomic mass is 127. The summed E-state index contributed by atoms with van der Waals surface area (Å²) in [5.74, 6) is 1.33. The van der Waals surface area contributed by atoms with E-state index in [-0.39, 0.29) is 24.0 Å². The van der Waals surface area contributed by atoms with Gasteiger partial charge in [0.15, 0.2) is 5.96 Å². The Balaban J connectivity index is 0.00000312. The lowest BCUT2D eigenvalue weighted by atomic mass is 10.1. The van der Waals surface area contributed by atoms with E-state index in [4.69, 9.17) is 0 Å². The molecule has 0 unspecified atom stereocenters. The molecule has 0 fully saturated rings. The Morgan fingerprint density at radius 1 is 1.24 bits per heavy atom. The lowest BCUT2D eigenvalue weighted by molar-refractivity contribution is 0.792. The van der Waals surface area contributed by atoms with Crippen LogP contribution in [0.1, 0.15) is 48.5 Å². The Morgan fingerprint density at radius 3 is 2.64 bits per heavy atom. The van der Waals surface area contributed by atoms with Gasteiger partial charge in [0.25, 0.3) is 0 Å². The molecule has 1 heterocycles. The van der Waals surface area contributed by atoms with Crippen molar-refractivity contribution >= 4 is 41.3 Å². The lowest BCUT2D eigenvalue weighted by Gasteiger charge is -2.12. The molecule has 0 bridgehead atoms. The maximum Gasteiger partial charge on any atom is 0.191 e. The van der Waals surface area contributed by atoms with E-state index in [2.05, 4.69) is 78.0 Å². The van der Waals surface area contributed by atoms with Gasteiger partial charge in [-0.2, -0.15) is 0 Å². The van der Waals surface area contributed by atoms with Crippen molar-refractivity contribution in [3.8, 4) is 0 Å². The Kier molecular flexibility index (Phi) is 10.0. The summed E-state index contributed by atoms with van der Waals surface area (Å²) in [4.78, 5) is 9.29. The molecule has 0 spiro atoms. The summed E-state index contributed by atoms with van der Waals surface area (Å²) in [5.41, 5.74) is 3.87. The van der Waals surface area contributed by atoms with Crippen LogP contribution in [0.25, 0.3) is 0 Å². The number of guanidine groups is 1. The van der Waals surface area contributed by atoms with Gasteiger partial charge in [-0.05, 0) is 37.3 Å².